The summed E-state index contributed by atoms with van der Waals surface area (Å²) < 4.78 is 25.1. The molecule has 2 aromatic heterocycles. The average molecular weight is 451 g/mol. The molecule has 31 heavy (non-hydrogen) atoms. The van der Waals surface area contributed by atoms with Crippen molar-refractivity contribution in [3.63, 3.8) is 0 Å². The first-order valence-corrected chi connectivity index (χ1v) is 10.9. The number of carbonyl (C=O) groups is 3. The van der Waals surface area contributed by atoms with Crippen LogP contribution in [0.3, 0.4) is 0 Å². The third-order valence-corrected chi connectivity index (χ3v) is 6.30. The van der Waals surface area contributed by atoms with Crippen molar-refractivity contribution in [2.24, 2.45) is 5.92 Å². The molecule has 168 valence electrons. The van der Waals surface area contributed by atoms with Crippen molar-refractivity contribution in [1.82, 2.24) is 9.38 Å². The highest BCUT2D eigenvalue weighted by Gasteiger charge is 2.62. The second-order valence-corrected chi connectivity index (χ2v) is 8.69. The maximum absolute atomic E-state index is 12.2. The number of hydrogen-bond donors (Lipinski definition) is 0. The molecule has 3 rings (SSSR count). The van der Waals surface area contributed by atoms with Crippen molar-refractivity contribution < 1.29 is 33.3 Å². The van der Waals surface area contributed by atoms with Gasteiger partial charge in [-0.1, -0.05) is 13.8 Å². The molecule has 1 aliphatic heterocycles. The summed E-state index contributed by atoms with van der Waals surface area (Å²) in [4.78, 5) is 40.2. The molecule has 1 fully saturated rings. The van der Waals surface area contributed by atoms with E-state index in [0.717, 1.165) is 0 Å². The highest BCUT2D eigenvalue weighted by Crippen LogP contribution is 2.46. The lowest BCUT2D eigenvalue weighted by Crippen LogP contribution is -2.67. The Morgan fingerprint density at radius 2 is 1.84 bits per heavy atom. The van der Waals surface area contributed by atoms with E-state index >= 15 is 0 Å². The summed E-state index contributed by atoms with van der Waals surface area (Å²) >= 11 is 1.32. The fraction of sp³-hybridized carbons (Fsp3) is 0.524. The summed E-state index contributed by atoms with van der Waals surface area (Å²) in [6.07, 6.45) is 3.41. The molecule has 9 nitrogen and oxygen atoms in total. The second-order valence-electron chi connectivity index (χ2n) is 7.59. The predicted molar refractivity (Wildman–Crippen MR) is 113 cm³/mol. The van der Waals surface area contributed by atoms with E-state index in [2.05, 4.69) is 4.98 Å². The fourth-order valence-corrected chi connectivity index (χ4v) is 5.30. The summed E-state index contributed by atoms with van der Waals surface area (Å²) in [6, 6.07) is 3.58. The maximum Gasteiger partial charge on any atom is 0.303 e. The SMILES string of the molecule is CC(=O)O[C@@H]1CS[C@@H](Oc2cccn3ccnc23)[C@@](OC(C)=O)(C(C)C)[C@H]1OC(C)=O. The molecule has 0 N–H and O–H groups in total. The van der Waals surface area contributed by atoms with Gasteiger partial charge in [0.2, 0.25) is 5.60 Å². The highest BCUT2D eigenvalue weighted by atomic mass is 32.2. The van der Waals surface area contributed by atoms with Gasteiger partial charge in [0.25, 0.3) is 0 Å². The zero-order chi connectivity index (χ0) is 22.8. The van der Waals surface area contributed by atoms with Gasteiger partial charge in [0.15, 0.2) is 29.0 Å². The van der Waals surface area contributed by atoms with E-state index in [0.29, 0.717) is 11.4 Å². The Balaban J connectivity index is 2.09. The Morgan fingerprint density at radius 1 is 1.13 bits per heavy atom. The Bertz CT molecular complexity index is 976. The summed E-state index contributed by atoms with van der Waals surface area (Å²) in [5.41, 5.74) is -1.58. The molecule has 0 amide bonds. The molecule has 0 spiro atoms. The van der Waals surface area contributed by atoms with Crippen molar-refractivity contribution in [1.29, 1.82) is 0 Å². The number of aromatic nitrogens is 2. The first-order chi connectivity index (χ1) is 14.6. The summed E-state index contributed by atoms with van der Waals surface area (Å²) in [5.74, 6) is -1.26. The van der Waals surface area contributed by atoms with E-state index in [1.165, 1.54) is 32.5 Å². The summed E-state index contributed by atoms with van der Waals surface area (Å²) in [7, 11) is 0. The van der Waals surface area contributed by atoms with Crippen LogP contribution in [0.2, 0.25) is 0 Å². The van der Waals surface area contributed by atoms with Crippen LogP contribution < -0.4 is 4.74 Å². The molecule has 0 unspecified atom stereocenters. The Morgan fingerprint density at radius 3 is 2.45 bits per heavy atom. The largest absolute Gasteiger partial charge is 0.471 e. The fourth-order valence-electron chi connectivity index (χ4n) is 3.81. The second kappa shape index (κ2) is 9.17. The van der Waals surface area contributed by atoms with E-state index in [-0.39, 0.29) is 11.7 Å². The van der Waals surface area contributed by atoms with Crippen LogP contribution in [0.15, 0.2) is 30.7 Å². The third-order valence-electron chi connectivity index (χ3n) is 5.01. The van der Waals surface area contributed by atoms with Gasteiger partial charge in [0.05, 0.1) is 0 Å². The van der Waals surface area contributed by atoms with Crippen molar-refractivity contribution in [3.8, 4) is 5.75 Å². The molecule has 0 aromatic carbocycles. The van der Waals surface area contributed by atoms with Gasteiger partial charge in [-0.15, -0.1) is 11.8 Å². The molecule has 1 saturated heterocycles. The van der Waals surface area contributed by atoms with E-state index < -0.39 is 41.2 Å². The zero-order valence-electron chi connectivity index (χ0n) is 18.1. The lowest BCUT2D eigenvalue weighted by Gasteiger charge is -2.50. The van der Waals surface area contributed by atoms with Gasteiger partial charge in [-0.2, -0.15) is 0 Å². The van der Waals surface area contributed by atoms with Crippen LogP contribution in [0.25, 0.3) is 5.65 Å². The van der Waals surface area contributed by atoms with E-state index in [1.54, 1.807) is 22.9 Å². The highest BCUT2D eigenvalue weighted by molar-refractivity contribution is 7.99. The average Bonchev–Trinajstić information content (AvgIpc) is 3.14. The Kier molecular flexibility index (Phi) is 6.78. The molecule has 0 saturated carbocycles. The molecule has 1 aliphatic rings. The molecular formula is C21H26N2O7S. The third kappa shape index (κ3) is 4.63. The minimum Gasteiger partial charge on any atom is -0.471 e. The van der Waals surface area contributed by atoms with Crippen molar-refractivity contribution >= 4 is 35.3 Å². The number of thioether (sulfide) groups is 1. The van der Waals surface area contributed by atoms with Crippen molar-refractivity contribution in [2.45, 2.75) is 57.9 Å². The Hall–Kier alpha value is -2.75. The van der Waals surface area contributed by atoms with Crippen LogP contribution in [0, 0.1) is 5.92 Å². The first kappa shape index (κ1) is 22.9. The number of rotatable bonds is 6. The molecule has 4 atom stereocenters. The van der Waals surface area contributed by atoms with Crippen LogP contribution in [0.4, 0.5) is 0 Å². The van der Waals surface area contributed by atoms with Gasteiger partial charge in [-0.3, -0.25) is 14.4 Å². The van der Waals surface area contributed by atoms with E-state index in [9.17, 15) is 14.4 Å². The van der Waals surface area contributed by atoms with Gasteiger partial charge < -0.3 is 23.3 Å². The number of esters is 3. The monoisotopic (exact) mass is 450 g/mol. The number of hydrogen-bond acceptors (Lipinski definition) is 9. The predicted octanol–water partition coefficient (Wildman–Crippen LogP) is 2.61. The van der Waals surface area contributed by atoms with E-state index in [4.69, 9.17) is 18.9 Å². The molecule has 10 heteroatoms. The number of carbonyl (C=O) groups excluding carboxylic acids is 3. The lowest BCUT2D eigenvalue weighted by atomic mass is 9.81. The van der Waals surface area contributed by atoms with Crippen molar-refractivity contribution in [3.05, 3.63) is 30.7 Å². The summed E-state index contributed by atoms with van der Waals surface area (Å²) in [6.45, 7) is 7.49. The van der Waals surface area contributed by atoms with Gasteiger partial charge in [0.1, 0.15) is 0 Å². The molecule has 2 aromatic rings. The minimum atomic E-state index is -1.42. The van der Waals surface area contributed by atoms with Crippen LogP contribution in [0.1, 0.15) is 34.6 Å². The van der Waals surface area contributed by atoms with Crippen LogP contribution in [-0.4, -0.2) is 56.3 Å². The van der Waals surface area contributed by atoms with Crippen LogP contribution in [-0.2, 0) is 28.6 Å². The number of pyridine rings is 1. The summed E-state index contributed by atoms with van der Waals surface area (Å²) in [5, 5.41) is 0. The Labute approximate surface area is 184 Å². The first-order valence-electron chi connectivity index (χ1n) is 9.89. The quantitative estimate of drug-likeness (QED) is 0.485. The molecular weight excluding hydrogens is 424 g/mol. The van der Waals surface area contributed by atoms with Crippen LogP contribution >= 0.6 is 11.8 Å². The smallest absolute Gasteiger partial charge is 0.303 e. The topological polar surface area (TPSA) is 105 Å². The molecule has 0 bridgehead atoms. The molecule has 3 heterocycles. The van der Waals surface area contributed by atoms with Crippen molar-refractivity contribution in [2.75, 3.05) is 5.75 Å². The number of fused-ring (bicyclic) bond motifs is 1. The molecule has 0 radical (unpaired) electrons. The van der Waals surface area contributed by atoms with Gasteiger partial charge in [-0.05, 0) is 12.1 Å². The molecule has 0 aliphatic carbocycles. The van der Waals surface area contributed by atoms with Gasteiger partial charge in [0, 0.05) is 51.0 Å². The normalized spacial score (nSPS) is 25.8. The van der Waals surface area contributed by atoms with Crippen LogP contribution in [0.5, 0.6) is 5.75 Å². The standard InChI is InChI=1S/C21H26N2O7S/c1-12(2)21(30-15(5)26)18(28-14(4)25)17(27-13(3)24)11-31-20(21)29-16-7-6-9-23-10-8-22-19(16)23/h6-10,12,17-18,20H,11H2,1-5H3/t17-,18+,20-,21-/m1/s1. The maximum atomic E-state index is 12.2. The van der Waals surface area contributed by atoms with Gasteiger partial charge in [-0.25, -0.2) is 4.98 Å². The minimum absolute atomic E-state index is 0.287. The van der Waals surface area contributed by atoms with E-state index in [1.807, 2.05) is 26.1 Å². The van der Waals surface area contributed by atoms with Gasteiger partial charge >= 0.3 is 17.9 Å². The zero-order valence-corrected chi connectivity index (χ0v) is 18.9. The number of ether oxygens (including phenoxy) is 4. The number of imidazole rings is 1. The number of nitrogens with zero attached hydrogens (tertiary/aromatic N) is 2. The lowest BCUT2D eigenvalue weighted by molar-refractivity contribution is -0.223.